The highest BCUT2D eigenvalue weighted by atomic mass is 79.9. The van der Waals surface area contributed by atoms with Crippen LogP contribution in [0, 0.1) is 6.92 Å². The molecule has 0 aliphatic heterocycles. The van der Waals surface area contributed by atoms with E-state index in [2.05, 4.69) is 45.1 Å². The third-order valence-electron chi connectivity index (χ3n) is 2.75. The van der Waals surface area contributed by atoms with Crippen LogP contribution in [0.5, 0.6) is 0 Å². The minimum atomic E-state index is 0.269. The lowest BCUT2D eigenvalue weighted by molar-refractivity contribution is 0.577. The predicted molar refractivity (Wildman–Crippen MR) is 75.8 cm³/mol. The van der Waals surface area contributed by atoms with E-state index in [1.54, 1.807) is 6.26 Å². The van der Waals surface area contributed by atoms with Crippen LogP contribution >= 0.6 is 15.9 Å². The zero-order chi connectivity index (χ0) is 13.3. The first-order valence-electron chi connectivity index (χ1n) is 5.84. The highest BCUT2D eigenvalue weighted by molar-refractivity contribution is 9.10. The lowest BCUT2D eigenvalue weighted by Gasteiger charge is -2.12. The van der Waals surface area contributed by atoms with Crippen molar-refractivity contribution in [3.8, 4) is 11.5 Å². The number of hydrogen-bond acceptors (Lipinski definition) is 4. The summed E-state index contributed by atoms with van der Waals surface area (Å²) in [4.78, 5) is 9.12. The lowest BCUT2D eigenvalue weighted by Crippen LogP contribution is -2.06. The Labute approximate surface area is 115 Å². The molecule has 0 aliphatic rings. The third kappa shape index (κ3) is 2.27. The maximum atomic E-state index is 5.50. The van der Waals surface area contributed by atoms with Gasteiger partial charge in [-0.3, -0.25) is 0 Å². The van der Waals surface area contributed by atoms with E-state index in [-0.39, 0.29) is 5.92 Å². The second kappa shape index (κ2) is 5.10. The number of nitrogens with zero attached hydrogens (tertiary/aromatic N) is 2. The number of halogens is 1. The topological polar surface area (TPSA) is 51.0 Å². The molecule has 0 bridgehead atoms. The molecule has 0 spiro atoms. The van der Waals surface area contributed by atoms with Gasteiger partial charge in [-0.1, -0.05) is 13.8 Å². The molecule has 1 N–H and O–H groups in total. The van der Waals surface area contributed by atoms with Crippen molar-refractivity contribution in [1.82, 2.24) is 9.97 Å². The Kier molecular flexibility index (Phi) is 3.71. The van der Waals surface area contributed by atoms with E-state index in [1.165, 1.54) is 0 Å². The van der Waals surface area contributed by atoms with E-state index >= 15 is 0 Å². The molecule has 2 rings (SSSR count). The van der Waals surface area contributed by atoms with E-state index < -0.39 is 0 Å². The lowest BCUT2D eigenvalue weighted by atomic mass is 10.1. The molecular weight excluding hydrogens is 294 g/mol. The summed E-state index contributed by atoms with van der Waals surface area (Å²) in [7, 11) is 1.86. The molecule has 0 radical (unpaired) electrons. The monoisotopic (exact) mass is 309 g/mol. The van der Waals surface area contributed by atoms with Gasteiger partial charge in [-0.2, -0.15) is 0 Å². The second-order valence-corrected chi connectivity index (χ2v) is 5.26. The van der Waals surface area contributed by atoms with Crippen molar-refractivity contribution in [1.29, 1.82) is 0 Å². The van der Waals surface area contributed by atoms with Crippen LogP contribution in [0.2, 0.25) is 0 Å². The van der Waals surface area contributed by atoms with Crippen molar-refractivity contribution in [2.24, 2.45) is 0 Å². The summed E-state index contributed by atoms with van der Waals surface area (Å²) >= 11 is 3.47. The minimum absolute atomic E-state index is 0.269. The Bertz CT molecular complexity index is 563. The molecule has 0 fully saturated rings. The Balaban J connectivity index is 2.66. The molecule has 0 unspecified atom stereocenters. The molecule has 0 saturated heterocycles. The van der Waals surface area contributed by atoms with Gasteiger partial charge in [0, 0.05) is 18.5 Å². The molecule has 2 aromatic heterocycles. The average Bonchev–Trinajstić information content (AvgIpc) is 2.75. The van der Waals surface area contributed by atoms with Crippen LogP contribution < -0.4 is 5.32 Å². The standard InChI is InChI=1S/C13H16BrN3O/c1-7(2)12-16-10(8(3)13(15-4)17-12)11-9(14)5-6-18-11/h5-7H,1-4H3,(H,15,16,17). The maximum absolute atomic E-state index is 5.50. The van der Waals surface area contributed by atoms with Gasteiger partial charge in [-0.25, -0.2) is 9.97 Å². The van der Waals surface area contributed by atoms with Crippen molar-refractivity contribution in [3.63, 3.8) is 0 Å². The first kappa shape index (κ1) is 13.1. The van der Waals surface area contributed by atoms with E-state index in [9.17, 15) is 0 Å². The number of rotatable bonds is 3. The molecule has 18 heavy (non-hydrogen) atoms. The summed E-state index contributed by atoms with van der Waals surface area (Å²) in [6, 6.07) is 1.87. The van der Waals surface area contributed by atoms with Gasteiger partial charge < -0.3 is 9.73 Å². The van der Waals surface area contributed by atoms with Gasteiger partial charge in [-0.15, -0.1) is 0 Å². The highest BCUT2D eigenvalue weighted by Gasteiger charge is 2.17. The zero-order valence-corrected chi connectivity index (χ0v) is 12.5. The number of aromatic nitrogens is 2. The quantitative estimate of drug-likeness (QED) is 0.932. The molecule has 0 amide bonds. The van der Waals surface area contributed by atoms with Gasteiger partial charge in [0.25, 0.3) is 0 Å². The number of nitrogens with one attached hydrogen (secondary N) is 1. The summed E-state index contributed by atoms with van der Waals surface area (Å²) in [5.74, 6) is 2.66. The van der Waals surface area contributed by atoms with Crippen LogP contribution in [0.1, 0.15) is 31.2 Å². The van der Waals surface area contributed by atoms with Crippen LogP contribution in [-0.4, -0.2) is 17.0 Å². The fraction of sp³-hybridized carbons (Fsp3) is 0.385. The summed E-state index contributed by atoms with van der Waals surface area (Å²) in [6.45, 7) is 6.14. The Morgan fingerprint density at radius 1 is 1.33 bits per heavy atom. The highest BCUT2D eigenvalue weighted by Crippen LogP contribution is 2.33. The third-order valence-corrected chi connectivity index (χ3v) is 3.37. The summed E-state index contributed by atoms with van der Waals surface area (Å²) < 4.78 is 6.40. The molecule has 2 heterocycles. The Morgan fingerprint density at radius 3 is 2.56 bits per heavy atom. The SMILES string of the molecule is CNc1nc(C(C)C)nc(-c2occc2Br)c1C. The van der Waals surface area contributed by atoms with Gasteiger partial charge in [0.1, 0.15) is 17.3 Å². The van der Waals surface area contributed by atoms with Crippen molar-refractivity contribution >= 4 is 21.7 Å². The van der Waals surface area contributed by atoms with Gasteiger partial charge in [0.15, 0.2) is 5.76 Å². The fourth-order valence-corrected chi connectivity index (χ4v) is 2.11. The smallest absolute Gasteiger partial charge is 0.166 e. The summed E-state index contributed by atoms with van der Waals surface area (Å²) in [6.07, 6.45) is 1.65. The first-order valence-corrected chi connectivity index (χ1v) is 6.63. The first-order chi connectivity index (χ1) is 8.54. The molecular formula is C13H16BrN3O. The van der Waals surface area contributed by atoms with Crippen molar-refractivity contribution < 1.29 is 4.42 Å². The average molecular weight is 310 g/mol. The number of hydrogen-bond donors (Lipinski definition) is 1. The van der Waals surface area contributed by atoms with Gasteiger partial charge in [0.2, 0.25) is 0 Å². The van der Waals surface area contributed by atoms with E-state index in [1.807, 2.05) is 20.0 Å². The number of anilines is 1. The molecule has 0 aromatic carbocycles. The minimum Gasteiger partial charge on any atom is -0.461 e. The molecule has 96 valence electrons. The van der Waals surface area contributed by atoms with Crippen LogP contribution in [0.25, 0.3) is 11.5 Å². The normalized spacial score (nSPS) is 11.0. The summed E-state index contributed by atoms with van der Waals surface area (Å²) in [5.41, 5.74) is 1.81. The Hall–Kier alpha value is -1.36. The fourth-order valence-electron chi connectivity index (χ4n) is 1.72. The molecule has 0 aliphatic carbocycles. The van der Waals surface area contributed by atoms with Gasteiger partial charge in [-0.05, 0) is 28.9 Å². The zero-order valence-electron chi connectivity index (χ0n) is 10.9. The largest absolute Gasteiger partial charge is 0.461 e. The number of furan rings is 1. The van der Waals surface area contributed by atoms with E-state index in [4.69, 9.17) is 4.42 Å². The Morgan fingerprint density at radius 2 is 2.06 bits per heavy atom. The van der Waals surface area contributed by atoms with Crippen molar-refractivity contribution in [2.45, 2.75) is 26.7 Å². The molecule has 4 nitrogen and oxygen atoms in total. The second-order valence-electron chi connectivity index (χ2n) is 4.41. The van der Waals surface area contributed by atoms with Crippen LogP contribution in [0.4, 0.5) is 5.82 Å². The molecule has 0 atom stereocenters. The van der Waals surface area contributed by atoms with E-state index in [0.717, 1.165) is 33.1 Å². The maximum Gasteiger partial charge on any atom is 0.166 e. The molecule has 2 aromatic rings. The van der Waals surface area contributed by atoms with Crippen LogP contribution in [-0.2, 0) is 0 Å². The van der Waals surface area contributed by atoms with Crippen LogP contribution in [0.15, 0.2) is 21.2 Å². The van der Waals surface area contributed by atoms with Crippen molar-refractivity contribution in [2.75, 3.05) is 12.4 Å². The molecule has 5 heteroatoms. The van der Waals surface area contributed by atoms with Crippen LogP contribution in [0.3, 0.4) is 0 Å². The van der Waals surface area contributed by atoms with Gasteiger partial charge in [0.05, 0.1) is 10.7 Å². The predicted octanol–water partition coefficient (Wildman–Crippen LogP) is 3.97. The molecule has 0 saturated carbocycles. The van der Waals surface area contributed by atoms with Gasteiger partial charge >= 0.3 is 0 Å². The van der Waals surface area contributed by atoms with Crippen molar-refractivity contribution in [3.05, 3.63) is 28.2 Å². The summed E-state index contributed by atoms with van der Waals surface area (Å²) in [5, 5.41) is 3.10. The van der Waals surface area contributed by atoms with E-state index in [0.29, 0.717) is 0 Å².